The van der Waals surface area contributed by atoms with Gasteiger partial charge < -0.3 is 4.74 Å². The topological polar surface area (TPSA) is 29.5 Å². The van der Waals surface area contributed by atoms with Crippen LogP contribution in [0.5, 0.6) is 5.75 Å². The lowest BCUT2D eigenvalue weighted by Gasteiger charge is -2.44. The summed E-state index contributed by atoms with van der Waals surface area (Å²) in [6, 6.07) is 7.86. The molecule has 0 bridgehead atoms. The van der Waals surface area contributed by atoms with Crippen LogP contribution in [0.3, 0.4) is 0 Å². The van der Waals surface area contributed by atoms with Gasteiger partial charge in [-0.25, -0.2) is 0 Å². The van der Waals surface area contributed by atoms with Crippen LogP contribution in [0.2, 0.25) is 0 Å². The molecular formula is C16H20ClNO2. The molecular weight excluding hydrogens is 274 g/mol. The summed E-state index contributed by atoms with van der Waals surface area (Å²) in [7, 11) is 0. The van der Waals surface area contributed by atoms with Gasteiger partial charge in [0, 0.05) is 24.7 Å². The van der Waals surface area contributed by atoms with Crippen LogP contribution >= 0.6 is 11.6 Å². The average molecular weight is 294 g/mol. The van der Waals surface area contributed by atoms with E-state index < -0.39 is 5.24 Å². The number of halogens is 1. The third kappa shape index (κ3) is 2.99. The zero-order valence-electron chi connectivity index (χ0n) is 11.6. The molecule has 3 rings (SSSR count). The van der Waals surface area contributed by atoms with Crippen LogP contribution in [0.25, 0.3) is 0 Å². The first-order valence-electron chi connectivity index (χ1n) is 7.41. The number of likely N-dealkylation sites (tertiary alicyclic amines) is 1. The number of hydrogen-bond acceptors (Lipinski definition) is 3. The van der Waals surface area contributed by atoms with Crippen molar-refractivity contribution in [3.05, 3.63) is 29.8 Å². The Hall–Kier alpha value is -1.06. The van der Waals surface area contributed by atoms with Crippen molar-refractivity contribution in [3.63, 3.8) is 0 Å². The lowest BCUT2D eigenvalue weighted by atomic mass is 9.92. The van der Waals surface area contributed by atoms with Gasteiger partial charge in [-0.3, -0.25) is 9.69 Å². The van der Waals surface area contributed by atoms with Gasteiger partial charge in [0.25, 0.3) is 5.24 Å². The average Bonchev–Trinajstić information content (AvgIpc) is 2.80. The maximum absolute atomic E-state index is 10.9. The van der Waals surface area contributed by atoms with E-state index in [9.17, 15) is 4.79 Å². The van der Waals surface area contributed by atoms with E-state index in [0.29, 0.717) is 5.56 Å². The van der Waals surface area contributed by atoms with E-state index in [0.717, 1.165) is 37.3 Å². The predicted molar refractivity (Wildman–Crippen MR) is 79.4 cm³/mol. The third-order valence-electron chi connectivity index (χ3n) is 4.50. The zero-order chi connectivity index (χ0) is 13.9. The highest BCUT2D eigenvalue weighted by atomic mass is 35.5. The van der Waals surface area contributed by atoms with Crippen LogP contribution in [0.4, 0.5) is 0 Å². The van der Waals surface area contributed by atoms with Crippen molar-refractivity contribution in [1.29, 1.82) is 0 Å². The Bertz CT molecular complexity index is 474. The minimum absolute atomic E-state index is 0.430. The first-order chi connectivity index (χ1) is 9.74. The largest absolute Gasteiger partial charge is 0.494 e. The quantitative estimate of drug-likeness (QED) is 0.595. The summed E-state index contributed by atoms with van der Waals surface area (Å²) in [4.78, 5) is 13.5. The minimum atomic E-state index is -0.430. The molecule has 4 heteroatoms. The monoisotopic (exact) mass is 293 g/mol. The molecule has 1 saturated carbocycles. The molecule has 3 nitrogen and oxygen atoms in total. The third-order valence-corrected chi connectivity index (χ3v) is 4.71. The molecule has 0 spiro atoms. The summed E-state index contributed by atoms with van der Waals surface area (Å²) < 4.78 is 5.69. The van der Waals surface area contributed by atoms with E-state index in [2.05, 4.69) is 4.90 Å². The molecule has 0 radical (unpaired) electrons. The van der Waals surface area contributed by atoms with E-state index >= 15 is 0 Å². The lowest BCUT2D eigenvalue weighted by Crippen LogP contribution is -2.53. The maximum Gasteiger partial charge on any atom is 0.252 e. The summed E-state index contributed by atoms with van der Waals surface area (Å²) in [6.07, 6.45) is 5.29. The van der Waals surface area contributed by atoms with E-state index in [1.807, 2.05) is 0 Å². The molecule has 1 aromatic rings. The fraction of sp³-hybridized carbons (Fsp3) is 0.562. The molecule has 1 aliphatic heterocycles. The first kappa shape index (κ1) is 13.9. The molecule has 0 aromatic heterocycles. The number of fused-ring (bicyclic) bond motifs is 1. The number of ether oxygens (including phenoxy) is 1. The zero-order valence-corrected chi connectivity index (χ0v) is 12.3. The van der Waals surface area contributed by atoms with Crippen molar-refractivity contribution in [3.8, 4) is 5.75 Å². The molecule has 1 aromatic carbocycles. The van der Waals surface area contributed by atoms with Gasteiger partial charge >= 0.3 is 0 Å². The predicted octanol–water partition coefficient (Wildman–Crippen LogP) is 3.32. The number of benzene rings is 1. The fourth-order valence-corrected chi connectivity index (χ4v) is 3.53. The number of hydrogen-bond donors (Lipinski definition) is 0. The van der Waals surface area contributed by atoms with E-state index in [-0.39, 0.29) is 0 Å². The summed E-state index contributed by atoms with van der Waals surface area (Å²) in [5, 5.41) is -0.430. The Morgan fingerprint density at radius 3 is 2.80 bits per heavy atom. The van der Waals surface area contributed by atoms with Gasteiger partial charge in [0.15, 0.2) is 0 Å². The molecule has 2 aliphatic rings. The second kappa shape index (κ2) is 6.15. The summed E-state index contributed by atoms with van der Waals surface area (Å²) in [5.41, 5.74) is 0.506. The van der Waals surface area contributed by atoms with Gasteiger partial charge in [-0.15, -0.1) is 0 Å². The highest BCUT2D eigenvalue weighted by molar-refractivity contribution is 6.67. The number of carbonyl (C=O) groups is 1. The van der Waals surface area contributed by atoms with Gasteiger partial charge in [-0.2, -0.15) is 0 Å². The van der Waals surface area contributed by atoms with Gasteiger partial charge in [0.2, 0.25) is 0 Å². The second-order valence-electron chi connectivity index (χ2n) is 5.75. The summed E-state index contributed by atoms with van der Waals surface area (Å²) in [5.74, 6) is 1.78. The molecule has 1 heterocycles. The lowest BCUT2D eigenvalue weighted by molar-refractivity contribution is 0.0341. The minimum Gasteiger partial charge on any atom is -0.494 e. The van der Waals surface area contributed by atoms with Crippen LogP contribution in [0.15, 0.2) is 24.3 Å². The molecule has 0 amide bonds. The van der Waals surface area contributed by atoms with Gasteiger partial charge in [-0.05, 0) is 61.0 Å². The summed E-state index contributed by atoms with van der Waals surface area (Å²) >= 11 is 5.40. The van der Waals surface area contributed by atoms with Crippen LogP contribution in [-0.4, -0.2) is 35.9 Å². The van der Waals surface area contributed by atoms with Crippen molar-refractivity contribution in [2.45, 2.75) is 31.7 Å². The maximum atomic E-state index is 10.9. The number of carbonyl (C=O) groups excluding carboxylic acids is 1. The second-order valence-corrected chi connectivity index (χ2v) is 6.10. The number of nitrogens with zero attached hydrogens (tertiary/aromatic N) is 1. The van der Waals surface area contributed by atoms with Crippen molar-refractivity contribution in [1.82, 2.24) is 4.90 Å². The van der Waals surface area contributed by atoms with E-state index in [4.69, 9.17) is 16.3 Å². The highest BCUT2D eigenvalue weighted by Crippen LogP contribution is 2.38. The van der Waals surface area contributed by atoms with Crippen LogP contribution in [-0.2, 0) is 0 Å². The molecule has 20 heavy (non-hydrogen) atoms. The SMILES string of the molecule is O=C(Cl)c1ccc(OCCCN2C[C@H]3CCC[C@H]32)cc1. The first-order valence-corrected chi connectivity index (χ1v) is 7.78. The van der Waals surface area contributed by atoms with Crippen molar-refractivity contribution < 1.29 is 9.53 Å². The molecule has 2 fully saturated rings. The standard InChI is InChI=1S/C16H20ClNO2/c17-16(19)12-5-7-14(8-6-12)20-10-2-9-18-11-13-3-1-4-15(13)18/h5-8,13,15H,1-4,9-11H2/t13-,15-/m1/s1. The van der Waals surface area contributed by atoms with Crippen LogP contribution < -0.4 is 4.74 Å². The molecule has 108 valence electrons. The normalized spacial score (nSPS) is 25.1. The fourth-order valence-electron chi connectivity index (χ4n) is 3.41. The van der Waals surface area contributed by atoms with E-state index in [1.165, 1.54) is 25.8 Å². The van der Waals surface area contributed by atoms with Gasteiger partial charge in [0.05, 0.1) is 6.61 Å². The van der Waals surface area contributed by atoms with Crippen molar-refractivity contribution in [2.75, 3.05) is 19.7 Å². The Labute approximate surface area is 124 Å². The molecule has 1 aliphatic carbocycles. The Morgan fingerprint density at radius 1 is 1.30 bits per heavy atom. The van der Waals surface area contributed by atoms with Crippen LogP contribution in [0.1, 0.15) is 36.0 Å². The van der Waals surface area contributed by atoms with E-state index in [1.54, 1.807) is 24.3 Å². The Balaban J connectivity index is 1.36. The molecule has 2 atom stereocenters. The molecule has 0 N–H and O–H groups in total. The van der Waals surface area contributed by atoms with Crippen molar-refractivity contribution in [2.24, 2.45) is 5.92 Å². The molecule has 0 unspecified atom stereocenters. The highest BCUT2D eigenvalue weighted by Gasteiger charge is 2.41. The van der Waals surface area contributed by atoms with Crippen LogP contribution in [0, 0.1) is 5.92 Å². The Morgan fingerprint density at radius 2 is 2.10 bits per heavy atom. The Kier molecular flexibility index (Phi) is 4.27. The van der Waals surface area contributed by atoms with Crippen molar-refractivity contribution >= 4 is 16.8 Å². The number of rotatable bonds is 6. The summed E-state index contributed by atoms with van der Waals surface area (Å²) in [6.45, 7) is 3.15. The molecule has 1 saturated heterocycles. The van der Waals surface area contributed by atoms with Gasteiger partial charge in [0.1, 0.15) is 5.75 Å². The smallest absolute Gasteiger partial charge is 0.252 e. The van der Waals surface area contributed by atoms with Gasteiger partial charge in [-0.1, -0.05) is 6.42 Å².